The van der Waals surface area contributed by atoms with E-state index in [0.717, 1.165) is 18.6 Å². The fraction of sp³-hybridized carbons (Fsp3) is 0.300. The molecular weight excluding hydrogens is 180 g/mol. The number of carbonyl (C=O) groups is 1. The molecule has 14 heavy (non-hydrogen) atoms. The van der Waals surface area contributed by atoms with Crippen molar-refractivity contribution in [1.29, 1.82) is 0 Å². The number of carbonyl (C=O) groups excluding carboxylic acids is 1. The number of hydrogen-bond acceptors (Lipinski definition) is 2. The first-order valence-corrected chi connectivity index (χ1v) is 4.56. The Labute approximate surface area is 82.1 Å². The predicted octanol–water partition coefficient (Wildman–Crippen LogP) is 1.01. The third-order valence-corrected chi connectivity index (χ3v) is 2.22. The van der Waals surface area contributed by atoms with Gasteiger partial charge in [-0.3, -0.25) is 0 Å². The molecule has 4 nitrogen and oxygen atoms in total. The van der Waals surface area contributed by atoms with Gasteiger partial charge in [-0.1, -0.05) is 18.2 Å². The Bertz CT molecular complexity index is 352. The summed E-state index contributed by atoms with van der Waals surface area (Å²) in [6.07, 6.45) is 1.38. The monoisotopic (exact) mass is 192 g/mol. The molecule has 0 saturated carbocycles. The molecule has 0 radical (unpaired) electrons. The molecule has 74 valence electrons. The molecule has 0 fully saturated rings. The van der Waals surface area contributed by atoms with E-state index in [1.807, 2.05) is 24.3 Å². The smallest absolute Gasteiger partial charge is 0.315 e. The van der Waals surface area contributed by atoms with E-state index in [4.69, 9.17) is 10.5 Å². The van der Waals surface area contributed by atoms with E-state index in [-0.39, 0.29) is 6.23 Å². The normalized spacial score (nSPS) is 19.3. The van der Waals surface area contributed by atoms with Crippen LogP contribution in [0, 0.1) is 0 Å². The van der Waals surface area contributed by atoms with E-state index < -0.39 is 6.03 Å². The topological polar surface area (TPSA) is 64.4 Å². The van der Waals surface area contributed by atoms with Gasteiger partial charge in [-0.05, 0) is 18.1 Å². The lowest BCUT2D eigenvalue weighted by Gasteiger charge is -2.25. The number of para-hydroxylation sites is 1. The third kappa shape index (κ3) is 1.79. The second-order valence-corrected chi connectivity index (χ2v) is 3.26. The number of nitrogens with two attached hydrogens (primary N) is 1. The Hall–Kier alpha value is -1.71. The highest BCUT2D eigenvalue weighted by Gasteiger charge is 2.19. The van der Waals surface area contributed by atoms with Crippen molar-refractivity contribution in [2.45, 2.75) is 19.1 Å². The zero-order chi connectivity index (χ0) is 9.97. The standard InChI is InChI=1S/C10H12N2O2/c11-10(13)12-9-6-5-7-3-1-2-4-8(7)14-9/h1-4,9H,5-6H2,(H3,11,12,13). The second-order valence-electron chi connectivity index (χ2n) is 3.26. The van der Waals surface area contributed by atoms with Gasteiger partial charge in [-0.2, -0.15) is 0 Å². The van der Waals surface area contributed by atoms with Gasteiger partial charge >= 0.3 is 6.03 Å². The summed E-state index contributed by atoms with van der Waals surface area (Å²) in [6, 6.07) is 7.25. The molecular formula is C10H12N2O2. The largest absolute Gasteiger partial charge is 0.470 e. The number of primary amides is 1. The van der Waals surface area contributed by atoms with E-state index in [1.165, 1.54) is 5.56 Å². The third-order valence-electron chi connectivity index (χ3n) is 2.22. The van der Waals surface area contributed by atoms with Crippen molar-refractivity contribution in [3.8, 4) is 5.75 Å². The summed E-state index contributed by atoms with van der Waals surface area (Å²) in [5.74, 6) is 0.831. The lowest BCUT2D eigenvalue weighted by molar-refractivity contribution is 0.144. The Morgan fingerprint density at radius 2 is 2.29 bits per heavy atom. The summed E-state index contributed by atoms with van der Waals surface area (Å²) in [4.78, 5) is 10.6. The molecule has 1 aliphatic heterocycles. The van der Waals surface area contributed by atoms with Gasteiger partial charge in [-0.15, -0.1) is 0 Å². The van der Waals surface area contributed by atoms with Crippen molar-refractivity contribution < 1.29 is 9.53 Å². The first kappa shape index (κ1) is 8.87. The Kier molecular flexibility index (Phi) is 2.26. The number of urea groups is 1. The minimum atomic E-state index is -0.547. The van der Waals surface area contributed by atoms with E-state index >= 15 is 0 Å². The summed E-state index contributed by atoms with van der Waals surface area (Å²) in [6.45, 7) is 0. The van der Waals surface area contributed by atoms with Crippen LogP contribution >= 0.6 is 0 Å². The molecule has 2 rings (SSSR count). The van der Waals surface area contributed by atoms with Crippen LogP contribution in [-0.2, 0) is 6.42 Å². The molecule has 0 aromatic heterocycles. The highest BCUT2D eigenvalue weighted by atomic mass is 16.5. The molecule has 0 aliphatic carbocycles. The van der Waals surface area contributed by atoms with E-state index in [2.05, 4.69) is 5.32 Å². The lowest BCUT2D eigenvalue weighted by atomic mass is 10.1. The van der Waals surface area contributed by atoms with Crippen LogP contribution in [0.4, 0.5) is 4.79 Å². The fourth-order valence-corrected chi connectivity index (χ4v) is 1.58. The van der Waals surface area contributed by atoms with Crippen LogP contribution in [0.1, 0.15) is 12.0 Å². The summed E-state index contributed by atoms with van der Waals surface area (Å²) in [5.41, 5.74) is 6.19. The number of rotatable bonds is 1. The molecule has 1 aromatic carbocycles. The molecule has 0 saturated heterocycles. The number of aryl methyl sites for hydroxylation is 1. The summed E-state index contributed by atoms with van der Waals surface area (Å²) in [5, 5.41) is 2.54. The highest BCUT2D eigenvalue weighted by molar-refractivity contribution is 5.71. The summed E-state index contributed by atoms with van der Waals surface area (Å²) in [7, 11) is 0. The zero-order valence-corrected chi connectivity index (χ0v) is 7.69. The first-order valence-electron chi connectivity index (χ1n) is 4.56. The van der Waals surface area contributed by atoms with Gasteiger partial charge in [0, 0.05) is 6.42 Å². The van der Waals surface area contributed by atoms with Gasteiger partial charge in [0.05, 0.1) is 0 Å². The van der Waals surface area contributed by atoms with Gasteiger partial charge in [0.25, 0.3) is 0 Å². The quantitative estimate of drug-likeness (QED) is 0.697. The van der Waals surface area contributed by atoms with Crippen LogP contribution in [0.15, 0.2) is 24.3 Å². The minimum Gasteiger partial charge on any atom is -0.470 e. The van der Waals surface area contributed by atoms with Crippen molar-refractivity contribution in [2.75, 3.05) is 0 Å². The number of amides is 2. The first-order chi connectivity index (χ1) is 6.75. The van der Waals surface area contributed by atoms with Crippen molar-refractivity contribution in [3.63, 3.8) is 0 Å². The maximum Gasteiger partial charge on any atom is 0.315 e. The number of fused-ring (bicyclic) bond motifs is 1. The van der Waals surface area contributed by atoms with Crippen LogP contribution in [0.2, 0.25) is 0 Å². The summed E-state index contributed by atoms with van der Waals surface area (Å²) < 4.78 is 5.53. The van der Waals surface area contributed by atoms with E-state index in [9.17, 15) is 4.79 Å². The lowest BCUT2D eigenvalue weighted by Crippen LogP contribution is -2.43. The van der Waals surface area contributed by atoms with E-state index in [0.29, 0.717) is 0 Å². The van der Waals surface area contributed by atoms with Gasteiger partial charge in [-0.25, -0.2) is 4.79 Å². The van der Waals surface area contributed by atoms with Crippen molar-refractivity contribution >= 4 is 6.03 Å². The van der Waals surface area contributed by atoms with Crippen molar-refractivity contribution in [2.24, 2.45) is 5.73 Å². The Balaban J connectivity index is 2.09. The predicted molar refractivity (Wildman–Crippen MR) is 51.9 cm³/mol. The van der Waals surface area contributed by atoms with Crippen LogP contribution in [0.5, 0.6) is 5.75 Å². The Morgan fingerprint density at radius 1 is 1.50 bits per heavy atom. The molecule has 1 unspecified atom stereocenters. The average molecular weight is 192 g/mol. The SMILES string of the molecule is NC(=O)NC1CCc2ccccc2O1. The van der Waals surface area contributed by atoms with Gasteiger partial charge < -0.3 is 15.8 Å². The van der Waals surface area contributed by atoms with Crippen LogP contribution in [-0.4, -0.2) is 12.3 Å². The molecule has 3 N–H and O–H groups in total. The van der Waals surface area contributed by atoms with Crippen molar-refractivity contribution in [1.82, 2.24) is 5.32 Å². The molecule has 0 spiro atoms. The zero-order valence-electron chi connectivity index (χ0n) is 7.69. The maximum absolute atomic E-state index is 10.6. The van der Waals surface area contributed by atoms with Gasteiger partial charge in [0.2, 0.25) is 0 Å². The van der Waals surface area contributed by atoms with Crippen LogP contribution < -0.4 is 15.8 Å². The number of benzene rings is 1. The molecule has 0 bridgehead atoms. The van der Waals surface area contributed by atoms with Gasteiger partial charge in [0.1, 0.15) is 5.75 Å². The van der Waals surface area contributed by atoms with Gasteiger partial charge in [0.15, 0.2) is 6.23 Å². The number of ether oxygens (including phenoxy) is 1. The number of nitrogens with one attached hydrogen (secondary N) is 1. The molecule has 1 heterocycles. The number of hydrogen-bond donors (Lipinski definition) is 2. The molecule has 4 heteroatoms. The minimum absolute atomic E-state index is 0.289. The second kappa shape index (κ2) is 3.57. The van der Waals surface area contributed by atoms with Crippen molar-refractivity contribution in [3.05, 3.63) is 29.8 Å². The molecule has 2 amide bonds. The maximum atomic E-state index is 10.6. The van der Waals surface area contributed by atoms with Crippen LogP contribution in [0.25, 0.3) is 0 Å². The Morgan fingerprint density at radius 3 is 3.07 bits per heavy atom. The van der Waals surface area contributed by atoms with Crippen LogP contribution in [0.3, 0.4) is 0 Å². The average Bonchev–Trinajstić information content (AvgIpc) is 2.17. The molecule has 1 aliphatic rings. The molecule has 1 atom stereocenters. The molecule has 1 aromatic rings. The highest BCUT2D eigenvalue weighted by Crippen LogP contribution is 2.25. The fourth-order valence-electron chi connectivity index (χ4n) is 1.58. The van der Waals surface area contributed by atoms with E-state index in [1.54, 1.807) is 0 Å². The summed E-state index contributed by atoms with van der Waals surface area (Å²) >= 11 is 0.